The van der Waals surface area contributed by atoms with Gasteiger partial charge in [-0.1, -0.05) is 12.2 Å². The van der Waals surface area contributed by atoms with Gasteiger partial charge in [0.15, 0.2) is 0 Å². The molecule has 0 aliphatic heterocycles. The molecule has 0 rings (SSSR count). The fourth-order valence-corrected chi connectivity index (χ4v) is 0.411. The summed E-state index contributed by atoms with van der Waals surface area (Å²) in [6.07, 6.45) is 8.32. The van der Waals surface area contributed by atoms with Crippen molar-refractivity contribution in [1.29, 1.82) is 0 Å². The molecule has 0 aliphatic carbocycles. The van der Waals surface area contributed by atoms with E-state index < -0.39 is 6.10 Å². The Hall–Kier alpha value is -0.740. The van der Waals surface area contributed by atoms with E-state index in [1.165, 1.54) is 0 Å². The highest BCUT2D eigenvalue weighted by Gasteiger charge is 1.90. The van der Waals surface area contributed by atoms with Crippen molar-refractivity contribution < 1.29 is 5.11 Å². The minimum Gasteiger partial charge on any atom is -0.388 e. The first-order valence-corrected chi connectivity index (χ1v) is 2.55. The van der Waals surface area contributed by atoms with Gasteiger partial charge in [-0.05, 0) is 6.92 Å². The van der Waals surface area contributed by atoms with Crippen molar-refractivity contribution in [3.05, 3.63) is 12.2 Å². The predicted octanol–water partition coefficient (Wildman–Crippen LogP) is 0.947. The summed E-state index contributed by atoms with van der Waals surface area (Å²) in [6, 6.07) is 0. The second kappa shape index (κ2) is 4.42. The summed E-state index contributed by atoms with van der Waals surface area (Å²) < 4.78 is 0. The van der Waals surface area contributed by atoms with E-state index in [0.29, 0.717) is 6.42 Å². The Bertz CT molecular complexity index is 108. The maximum atomic E-state index is 8.82. The third-order valence-corrected chi connectivity index (χ3v) is 0.742. The molecule has 1 N–H and O–H groups in total. The van der Waals surface area contributed by atoms with Crippen LogP contribution in [0.3, 0.4) is 0 Å². The topological polar surface area (TPSA) is 20.2 Å². The molecule has 0 saturated carbocycles. The van der Waals surface area contributed by atoms with E-state index in [-0.39, 0.29) is 0 Å². The number of hydrogen-bond donors (Lipinski definition) is 1. The number of rotatable bonds is 2. The lowest BCUT2D eigenvalue weighted by Gasteiger charge is -1.94. The second-order valence-corrected chi connectivity index (χ2v) is 1.50. The van der Waals surface area contributed by atoms with E-state index in [4.69, 9.17) is 11.5 Å². The van der Waals surface area contributed by atoms with Crippen LogP contribution in [0.1, 0.15) is 13.3 Å². The van der Waals surface area contributed by atoms with Gasteiger partial charge in [0, 0.05) is 6.42 Å². The third kappa shape index (κ3) is 3.45. The summed E-state index contributed by atoms with van der Waals surface area (Å²) in [5.41, 5.74) is 0. The molecule has 8 heavy (non-hydrogen) atoms. The molecule has 0 aromatic carbocycles. The lowest BCUT2D eigenvalue weighted by molar-refractivity contribution is 0.229. The van der Waals surface area contributed by atoms with Gasteiger partial charge in [0.1, 0.15) is 0 Å². The molecule has 0 saturated heterocycles. The molecule has 1 nitrogen and oxygen atoms in total. The molecule has 0 spiro atoms. The van der Waals surface area contributed by atoms with Crippen LogP contribution >= 0.6 is 0 Å². The standard InChI is InChI=1S/C7H10O/c1-3-5-7(8)6-4-2/h1,4,6-8H,5H2,2H3. The zero-order valence-corrected chi connectivity index (χ0v) is 4.96. The molecule has 0 amide bonds. The van der Waals surface area contributed by atoms with Gasteiger partial charge < -0.3 is 5.11 Å². The van der Waals surface area contributed by atoms with Gasteiger partial charge in [-0.25, -0.2) is 0 Å². The highest BCUT2D eigenvalue weighted by Crippen LogP contribution is 1.89. The zero-order valence-electron chi connectivity index (χ0n) is 4.96. The Morgan fingerprint density at radius 2 is 2.50 bits per heavy atom. The average molecular weight is 110 g/mol. The minimum atomic E-state index is -0.454. The van der Waals surface area contributed by atoms with E-state index in [1.54, 1.807) is 12.2 Å². The highest BCUT2D eigenvalue weighted by atomic mass is 16.3. The highest BCUT2D eigenvalue weighted by molar-refractivity contribution is 4.95. The number of hydrogen-bond acceptors (Lipinski definition) is 1. The van der Waals surface area contributed by atoms with Crippen LogP contribution in [0.2, 0.25) is 0 Å². The second-order valence-electron chi connectivity index (χ2n) is 1.50. The summed E-state index contributed by atoms with van der Waals surface area (Å²) in [5, 5.41) is 8.82. The molecular weight excluding hydrogens is 100 g/mol. The van der Waals surface area contributed by atoms with Crippen molar-refractivity contribution in [2.75, 3.05) is 0 Å². The quantitative estimate of drug-likeness (QED) is 0.414. The molecule has 0 bridgehead atoms. The maximum absolute atomic E-state index is 8.82. The van der Waals surface area contributed by atoms with Crippen LogP contribution in [-0.4, -0.2) is 11.2 Å². The van der Waals surface area contributed by atoms with Crippen molar-refractivity contribution in [3.63, 3.8) is 0 Å². The van der Waals surface area contributed by atoms with Crippen molar-refractivity contribution in [2.24, 2.45) is 0 Å². The van der Waals surface area contributed by atoms with E-state index >= 15 is 0 Å². The number of allylic oxidation sites excluding steroid dienone is 1. The van der Waals surface area contributed by atoms with E-state index in [9.17, 15) is 0 Å². The average Bonchev–Trinajstić information content (AvgIpc) is 1.68. The first kappa shape index (κ1) is 7.26. The summed E-state index contributed by atoms with van der Waals surface area (Å²) in [5.74, 6) is 2.35. The monoisotopic (exact) mass is 110 g/mol. The van der Waals surface area contributed by atoms with Crippen molar-refractivity contribution >= 4 is 0 Å². The lowest BCUT2D eigenvalue weighted by atomic mass is 10.2. The molecule has 0 heterocycles. The molecule has 1 heteroatoms. The molecule has 44 valence electrons. The van der Waals surface area contributed by atoms with Gasteiger partial charge in [-0.2, -0.15) is 0 Å². The van der Waals surface area contributed by atoms with Gasteiger partial charge in [0.05, 0.1) is 6.10 Å². The van der Waals surface area contributed by atoms with Crippen LogP contribution in [0, 0.1) is 12.3 Å². The maximum Gasteiger partial charge on any atom is 0.0829 e. The predicted molar refractivity (Wildman–Crippen MR) is 34.3 cm³/mol. The third-order valence-electron chi connectivity index (χ3n) is 0.742. The summed E-state index contributed by atoms with van der Waals surface area (Å²) in [7, 11) is 0. The van der Waals surface area contributed by atoms with Gasteiger partial charge in [-0.3, -0.25) is 0 Å². The van der Waals surface area contributed by atoms with Crippen LogP contribution in [0.15, 0.2) is 12.2 Å². The van der Waals surface area contributed by atoms with Crippen LogP contribution in [0.4, 0.5) is 0 Å². The van der Waals surface area contributed by atoms with Gasteiger partial charge >= 0.3 is 0 Å². The SMILES string of the molecule is C#CCC(O)C=CC. The summed E-state index contributed by atoms with van der Waals surface area (Å²) >= 11 is 0. The van der Waals surface area contributed by atoms with Crippen LogP contribution in [-0.2, 0) is 0 Å². The number of terminal acetylenes is 1. The first-order chi connectivity index (χ1) is 3.81. The molecular formula is C7H10O. The first-order valence-electron chi connectivity index (χ1n) is 2.55. The molecule has 0 aliphatic rings. The van der Waals surface area contributed by atoms with Crippen molar-refractivity contribution in [2.45, 2.75) is 19.4 Å². The van der Waals surface area contributed by atoms with E-state index in [0.717, 1.165) is 0 Å². The van der Waals surface area contributed by atoms with Gasteiger partial charge in [0.25, 0.3) is 0 Å². The lowest BCUT2D eigenvalue weighted by Crippen LogP contribution is -1.98. The Morgan fingerprint density at radius 3 is 2.88 bits per heavy atom. The van der Waals surface area contributed by atoms with Crippen molar-refractivity contribution in [3.8, 4) is 12.3 Å². The Labute approximate surface area is 50.0 Å². The molecule has 0 aromatic heterocycles. The molecule has 1 unspecified atom stereocenters. The van der Waals surface area contributed by atoms with Crippen molar-refractivity contribution in [1.82, 2.24) is 0 Å². The summed E-state index contributed by atoms with van der Waals surface area (Å²) in [6.45, 7) is 1.85. The van der Waals surface area contributed by atoms with Gasteiger partial charge in [-0.15, -0.1) is 12.3 Å². The normalized spacial score (nSPS) is 13.6. The van der Waals surface area contributed by atoms with E-state index in [1.807, 2.05) is 6.92 Å². The fourth-order valence-electron chi connectivity index (χ4n) is 0.411. The number of aliphatic hydroxyl groups is 1. The molecule has 1 atom stereocenters. The largest absolute Gasteiger partial charge is 0.388 e. The van der Waals surface area contributed by atoms with Crippen LogP contribution in [0.5, 0.6) is 0 Å². The van der Waals surface area contributed by atoms with Crippen LogP contribution in [0.25, 0.3) is 0 Å². The Kier molecular flexibility index (Phi) is 4.01. The smallest absolute Gasteiger partial charge is 0.0829 e. The zero-order chi connectivity index (χ0) is 6.41. The van der Waals surface area contributed by atoms with Crippen LogP contribution < -0.4 is 0 Å². The van der Waals surface area contributed by atoms with E-state index in [2.05, 4.69) is 5.92 Å². The molecule has 0 radical (unpaired) electrons. The number of aliphatic hydroxyl groups excluding tert-OH is 1. The fraction of sp³-hybridized carbons (Fsp3) is 0.429. The Balaban J connectivity index is 3.36. The minimum absolute atomic E-state index is 0.407. The van der Waals surface area contributed by atoms with Gasteiger partial charge in [0.2, 0.25) is 0 Å². The molecule has 0 fully saturated rings. The summed E-state index contributed by atoms with van der Waals surface area (Å²) in [4.78, 5) is 0. The Morgan fingerprint density at radius 1 is 1.88 bits per heavy atom. The molecule has 0 aromatic rings.